The van der Waals surface area contributed by atoms with Gasteiger partial charge in [-0.1, -0.05) is 193 Å². The van der Waals surface area contributed by atoms with Crippen molar-refractivity contribution in [1.29, 1.82) is 0 Å². The van der Waals surface area contributed by atoms with Gasteiger partial charge in [-0.05, 0) is 19.3 Å². The fraction of sp³-hybridized carbons (Fsp3) is 0.938. The number of hydrogen-bond acceptors (Lipinski definition) is 23. The Hall–Kier alpha value is -2.16. The molecule has 22 atom stereocenters. The first kappa shape index (κ1) is 79.3. The predicted octanol–water partition coefficient (Wildman–Crippen LogP) is 2.56. The van der Waals surface area contributed by atoms with Crippen LogP contribution in [0.15, 0.2) is 12.2 Å². The number of aliphatic hydroxyl groups excluding tert-OH is 13. The number of amides is 2. The molecule has 25 nitrogen and oxygen atoms in total. The Bertz CT molecular complexity index is 1860. The van der Waals surface area contributed by atoms with E-state index in [4.69, 9.17) is 37.9 Å². The van der Waals surface area contributed by atoms with Gasteiger partial charge in [-0.2, -0.15) is 0 Å². The second-order valence-corrected chi connectivity index (χ2v) is 25.0. The van der Waals surface area contributed by atoms with Crippen LogP contribution in [0.4, 0.5) is 0 Å². The molecule has 0 aliphatic carbocycles. The molecule has 4 saturated heterocycles. The lowest BCUT2D eigenvalue weighted by atomic mass is 9.94. The van der Waals surface area contributed by atoms with Crippen molar-refractivity contribution in [1.82, 2.24) is 10.6 Å². The summed E-state index contributed by atoms with van der Waals surface area (Å²) in [6, 6.07) is -2.62. The van der Waals surface area contributed by atoms with Crippen molar-refractivity contribution < 1.29 is 114 Å². The summed E-state index contributed by atoms with van der Waals surface area (Å²) in [5.41, 5.74) is 0. The van der Waals surface area contributed by atoms with Crippen LogP contribution in [-0.4, -0.2) is 246 Å². The van der Waals surface area contributed by atoms with E-state index in [0.29, 0.717) is 12.8 Å². The lowest BCUT2D eigenvalue weighted by Crippen LogP contribution is -2.70. The molecule has 0 radical (unpaired) electrons. The molecule has 0 spiro atoms. The maximum absolute atomic E-state index is 13.4. The van der Waals surface area contributed by atoms with Crippen LogP contribution < -0.4 is 10.6 Å². The van der Waals surface area contributed by atoms with Crippen molar-refractivity contribution in [2.24, 2.45) is 0 Å². The van der Waals surface area contributed by atoms with Crippen LogP contribution in [0.2, 0.25) is 0 Å². The summed E-state index contributed by atoms with van der Waals surface area (Å²) in [7, 11) is 0. The average molecular weight is 1280 g/mol. The molecule has 4 aliphatic rings. The third-order valence-electron chi connectivity index (χ3n) is 17.6. The summed E-state index contributed by atoms with van der Waals surface area (Å²) in [5, 5.41) is 147. The first-order valence-electron chi connectivity index (χ1n) is 33.9. The maximum Gasteiger partial charge on any atom is 0.220 e. The van der Waals surface area contributed by atoms with Gasteiger partial charge in [0.25, 0.3) is 0 Å². The molecule has 25 heteroatoms. The number of carbonyl (C=O) groups excluding carboxylic acids is 2. The van der Waals surface area contributed by atoms with E-state index in [1.165, 1.54) is 128 Å². The third-order valence-corrected chi connectivity index (χ3v) is 17.6. The van der Waals surface area contributed by atoms with E-state index in [9.17, 15) is 76.0 Å². The zero-order chi connectivity index (χ0) is 65.1. The molecular weight excluding hydrogens is 1160 g/mol. The Morgan fingerprint density at radius 1 is 0.438 bits per heavy atom. The van der Waals surface area contributed by atoms with Crippen molar-refractivity contribution in [2.45, 2.75) is 348 Å². The topological polar surface area (TPSA) is 395 Å². The SMILES string of the molecule is CCCCCCCCCCCCCC=C[C@@H](O)[C@H](CO[C@@H]1O[C@H](CO)[C@@H](O[C@@H]2O[C@H](CO)[C@H](O[C@@H]3O[C@H](CO)[C@H](O)[C@H](O[C@@H]4O[C@H](CO)[C@H](O)[C@H](O)[C@H]4O)[C@H]3NC(C)=O)[C@H](O)[C@H]2O)[C@H](O)C1O)NC(=O)CCCCCCCCCCCCCCCCCCC. The summed E-state index contributed by atoms with van der Waals surface area (Å²) < 4.78 is 46.7. The Labute approximate surface area is 528 Å². The highest BCUT2D eigenvalue weighted by molar-refractivity contribution is 5.76. The van der Waals surface area contributed by atoms with Gasteiger partial charge in [0.1, 0.15) is 97.6 Å². The molecule has 4 rings (SSSR count). The number of carbonyl (C=O) groups is 2. The number of aliphatic hydroxyl groups is 13. The van der Waals surface area contributed by atoms with Crippen LogP contribution in [0.1, 0.15) is 213 Å². The summed E-state index contributed by atoms with van der Waals surface area (Å²) in [6.45, 7) is 1.61. The zero-order valence-corrected chi connectivity index (χ0v) is 53.5. The van der Waals surface area contributed by atoms with E-state index in [0.717, 1.165) is 51.9 Å². The summed E-state index contributed by atoms with van der Waals surface area (Å²) >= 11 is 0. The molecule has 4 heterocycles. The van der Waals surface area contributed by atoms with Crippen molar-refractivity contribution in [3.05, 3.63) is 12.2 Å². The molecule has 4 aliphatic heterocycles. The van der Waals surface area contributed by atoms with E-state index >= 15 is 0 Å². The normalized spacial score (nSPS) is 33.3. The first-order chi connectivity index (χ1) is 43.0. The molecular formula is C64H118N2O23. The average Bonchev–Trinajstić information content (AvgIpc) is 0.957. The van der Waals surface area contributed by atoms with Gasteiger partial charge in [-0.3, -0.25) is 9.59 Å². The minimum Gasteiger partial charge on any atom is -0.394 e. The van der Waals surface area contributed by atoms with Gasteiger partial charge >= 0.3 is 0 Å². The molecule has 89 heavy (non-hydrogen) atoms. The number of hydrogen-bond donors (Lipinski definition) is 15. The third kappa shape index (κ3) is 27.2. The van der Waals surface area contributed by atoms with Gasteiger partial charge in [-0.15, -0.1) is 0 Å². The van der Waals surface area contributed by atoms with Crippen LogP contribution in [0.25, 0.3) is 0 Å². The van der Waals surface area contributed by atoms with E-state index in [-0.39, 0.29) is 12.3 Å². The predicted molar refractivity (Wildman–Crippen MR) is 326 cm³/mol. The van der Waals surface area contributed by atoms with Crippen molar-refractivity contribution in [2.75, 3.05) is 33.0 Å². The lowest BCUT2D eigenvalue weighted by molar-refractivity contribution is -0.380. The lowest BCUT2D eigenvalue weighted by Gasteiger charge is -2.50. The Morgan fingerprint density at radius 2 is 0.809 bits per heavy atom. The Kier molecular flexibility index (Phi) is 40.3. The van der Waals surface area contributed by atoms with Crippen LogP contribution in [0, 0.1) is 0 Å². The number of nitrogens with one attached hydrogen (secondary N) is 2. The molecule has 0 aromatic carbocycles. The van der Waals surface area contributed by atoms with Crippen molar-refractivity contribution in [3.63, 3.8) is 0 Å². The number of unbranched alkanes of at least 4 members (excludes halogenated alkanes) is 27. The number of allylic oxidation sites excluding steroid dienone is 1. The van der Waals surface area contributed by atoms with Crippen molar-refractivity contribution >= 4 is 11.8 Å². The highest BCUT2D eigenvalue weighted by atomic mass is 16.8. The smallest absolute Gasteiger partial charge is 0.220 e. The van der Waals surface area contributed by atoms with E-state index < -0.39 is 174 Å². The van der Waals surface area contributed by atoms with Crippen LogP contribution in [0.3, 0.4) is 0 Å². The van der Waals surface area contributed by atoms with Gasteiger partial charge in [-0.25, -0.2) is 0 Å². The summed E-state index contributed by atoms with van der Waals surface area (Å²) in [5.74, 6) is -1.06. The molecule has 0 aromatic rings. The quantitative estimate of drug-likeness (QED) is 0.0307. The number of ether oxygens (including phenoxy) is 8. The molecule has 0 aromatic heterocycles. The summed E-state index contributed by atoms with van der Waals surface area (Å²) in [6.07, 6.45) is 2.86. The van der Waals surface area contributed by atoms with Crippen LogP contribution in [-0.2, 0) is 47.5 Å². The Morgan fingerprint density at radius 3 is 1.27 bits per heavy atom. The van der Waals surface area contributed by atoms with Gasteiger partial charge in [0.05, 0.1) is 45.2 Å². The molecule has 1 unspecified atom stereocenters. The molecule has 4 fully saturated rings. The van der Waals surface area contributed by atoms with E-state index in [1.54, 1.807) is 6.08 Å². The molecule has 0 bridgehead atoms. The second-order valence-electron chi connectivity index (χ2n) is 25.0. The monoisotopic (exact) mass is 1280 g/mol. The van der Waals surface area contributed by atoms with Gasteiger partial charge in [0.15, 0.2) is 25.2 Å². The Balaban J connectivity index is 1.34. The standard InChI is InChI=1S/C64H118N2O23/c1-4-6-8-10-12-14-16-18-19-20-21-23-25-27-29-31-33-35-48(73)66-42(43(72)34-32-30-28-26-24-22-17-15-13-11-9-7-5-2)40-82-62-56(80)53(77)59(46(38-69)85-62)88-64-57(81)54(78)58(47(39-70)86-64)87-61-49(65-41(3)71)60(51(75)45(37-68)83-61)89-63-55(79)52(76)50(74)44(36-67)84-63/h32,34,42-47,49-64,67-70,72,74-81H,4-31,33,35-40H2,1-3H3,(H,65,71)(H,66,73)/t42-,43+,44+,45+,46+,47+,49+,50-,51-,52-,53+,54+,55+,56?,57+,58-,59+,60+,61-,62+,63-,64-/m0/s1. The van der Waals surface area contributed by atoms with Gasteiger partial charge < -0.3 is 115 Å². The fourth-order valence-corrected chi connectivity index (χ4v) is 12.1. The minimum absolute atomic E-state index is 0.217. The molecule has 15 N–H and O–H groups in total. The highest BCUT2D eigenvalue weighted by Gasteiger charge is 2.56. The van der Waals surface area contributed by atoms with Crippen LogP contribution >= 0.6 is 0 Å². The summed E-state index contributed by atoms with van der Waals surface area (Å²) in [4.78, 5) is 26.0. The van der Waals surface area contributed by atoms with Gasteiger partial charge in [0, 0.05) is 13.3 Å². The molecule has 2 amide bonds. The maximum atomic E-state index is 13.4. The minimum atomic E-state index is -2.10. The van der Waals surface area contributed by atoms with E-state index in [1.807, 2.05) is 6.08 Å². The molecule has 522 valence electrons. The highest BCUT2D eigenvalue weighted by Crippen LogP contribution is 2.35. The number of rotatable bonds is 47. The zero-order valence-electron chi connectivity index (χ0n) is 53.5. The van der Waals surface area contributed by atoms with Gasteiger partial charge in [0.2, 0.25) is 11.8 Å². The second kappa shape index (κ2) is 45.3. The first-order valence-corrected chi connectivity index (χ1v) is 33.9. The van der Waals surface area contributed by atoms with Crippen LogP contribution in [0.5, 0.6) is 0 Å². The molecule has 0 saturated carbocycles. The van der Waals surface area contributed by atoms with E-state index in [2.05, 4.69) is 24.5 Å². The van der Waals surface area contributed by atoms with Crippen molar-refractivity contribution in [3.8, 4) is 0 Å². The largest absolute Gasteiger partial charge is 0.394 e. The fourth-order valence-electron chi connectivity index (χ4n) is 12.1.